The van der Waals surface area contributed by atoms with E-state index in [1.807, 2.05) is 52.9 Å². The van der Waals surface area contributed by atoms with Gasteiger partial charge in [-0.1, -0.05) is 68.4 Å². The van der Waals surface area contributed by atoms with Crippen molar-refractivity contribution in [3.8, 4) is 22.4 Å². The summed E-state index contributed by atoms with van der Waals surface area (Å²) in [6.45, 7) is 16.8. The molecule has 3 amide bonds. The van der Waals surface area contributed by atoms with Crippen LogP contribution in [-0.4, -0.2) is 80.7 Å². The lowest BCUT2D eigenvalue weighted by Gasteiger charge is -2.36. The van der Waals surface area contributed by atoms with Crippen molar-refractivity contribution in [2.45, 2.75) is 78.2 Å². The second-order valence-electron chi connectivity index (χ2n) is 17.0. The Kier molecular flexibility index (Phi) is 10.9. The first-order valence-corrected chi connectivity index (χ1v) is 20.4. The number of rotatable bonds is 10. The molecular weight excluding hydrogens is 743 g/mol. The molecular formula is C46H51N9O4. The molecule has 13 nitrogen and oxygen atoms in total. The van der Waals surface area contributed by atoms with Crippen molar-refractivity contribution in [2.24, 2.45) is 0 Å². The molecule has 1 unspecified atom stereocenters. The van der Waals surface area contributed by atoms with E-state index in [1.165, 1.54) is 11.3 Å². The molecule has 0 radical (unpaired) electrons. The van der Waals surface area contributed by atoms with Crippen LogP contribution in [0.2, 0.25) is 0 Å². The number of hydrogen-bond donors (Lipinski definition) is 3. The van der Waals surface area contributed by atoms with Crippen LogP contribution in [0.3, 0.4) is 0 Å². The van der Waals surface area contributed by atoms with Crippen LogP contribution in [0, 0.1) is 13.8 Å². The molecule has 8 rings (SSSR count). The lowest BCUT2D eigenvalue weighted by Crippen LogP contribution is -2.47. The number of amides is 3. The Morgan fingerprint density at radius 2 is 1.69 bits per heavy atom. The number of anilines is 1. The van der Waals surface area contributed by atoms with Crippen LogP contribution in [0.1, 0.15) is 96.8 Å². The fraction of sp³-hybridized carbons (Fsp3) is 0.370. The normalized spacial score (nSPS) is 17.0. The number of hydrogen-bond acceptors (Lipinski definition) is 10. The van der Waals surface area contributed by atoms with E-state index < -0.39 is 5.91 Å². The van der Waals surface area contributed by atoms with Crippen LogP contribution < -0.4 is 15.5 Å². The monoisotopic (exact) mass is 793 g/mol. The molecule has 2 aliphatic heterocycles. The SMILES string of the molecule is Cc1cc(CCN2CCN(c3ccc(-c4cnc5n[nH]c(-c6ccc([C@@H](C)NC(=O)c7nc(C(C)(C)C)no7)c(C)c6)c5c4)cc3)CC2)ccc1C1CCC(=O)NC1=O. The zero-order chi connectivity index (χ0) is 41.4. The highest BCUT2D eigenvalue weighted by Gasteiger charge is 2.29. The van der Waals surface area contributed by atoms with E-state index in [-0.39, 0.29) is 35.1 Å². The fourth-order valence-corrected chi connectivity index (χ4v) is 8.21. The number of aromatic amines is 1. The van der Waals surface area contributed by atoms with Gasteiger partial charge < -0.3 is 14.7 Å². The van der Waals surface area contributed by atoms with Crippen molar-refractivity contribution in [1.29, 1.82) is 0 Å². The Bertz CT molecular complexity index is 2530. The maximum atomic E-state index is 12.9. The predicted octanol–water partition coefficient (Wildman–Crippen LogP) is 6.97. The molecule has 2 fully saturated rings. The van der Waals surface area contributed by atoms with E-state index >= 15 is 0 Å². The first kappa shape index (κ1) is 39.6. The second kappa shape index (κ2) is 16.2. The number of pyridine rings is 1. The first-order valence-electron chi connectivity index (χ1n) is 20.4. The number of aromatic nitrogens is 5. The van der Waals surface area contributed by atoms with E-state index in [2.05, 4.69) is 102 Å². The summed E-state index contributed by atoms with van der Waals surface area (Å²) in [4.78, 5) is 50.9. The molecule has 0 spiro atoms. The van der Waals surface area contributed by atoms with E-state index in [0.717, 1.165) is 89.2 Å². The number of piperidine rings is 1. The topological polar surface area (TPSA) is 162 Å². The molecule has 2 aliphatic rings. The fourth-order valence-electron chi connectivity index (χ4n) is 8.21. The summed E-state index contributed by atoms with van der Waals surface area (Å²) >= 11 is 0. The van der Waals surface area contributed by atoms with Crippen molar-refractivity contribution in [1.82, 2.24) is 40.9 Å². The summed E-state index contributed by atoms with van der Waals surface area (Å²) in [6.07, 6.45) is 3.79. The highest BCUT2D eigenvalue weighted by molar-refractivity contribution is 6.01. The number of fused-ring (bicyclic) bond motifs is 1. The number of piperazine rings is 1. The van der Waals surface area contributed by atoms with Crippen LogP contribution in [0.25, 0.3) is 33.4 Å². The van der Waals surface area contributed by atoms with Crippen LogP contribution in [-0.2, 0) is 21.4 Å². The predicted molar refractivity (Wildman–Crippen MR) is 227 cm³/mol. The molecule has 6 aromatic rings. The Morgan fingerprint density at radius 3 is 2.39 bits per heavy atom. The third-order valence-electron chi connectivity index (χ3n) is 11.7. The third-order valence-corrected chi connectivity index (χ3v) is 11.7. The summed E-state index contributed by atoms with van der Waals surface area (Å²) in [5.41, 5.74) is 10.9. The third kappa shape index (κ3) is 8.52. The molecule has 3 aromatic heterocycles. The molecule has 0 saturated carbocycles. The van der Waals surface area contributed by atoms with Crippen molar-refractivity contribution < 1.29 is 18.9 Å². The van der Waals surface area contributed by atoms with E-state index in [9.17, 15) is 14.4 Å². The number of benzene rings is 3. The standard InChI is InChI=1S/C46H51N9O4/c1-27-23-30(7-13-36(27)37-15-16-39(56)49-42(37)57)17-18-54-19-21-55(22-20-54)34-11-8-31(9-12-34)33-25-38-40(51-52-41(38)47-26-33)32-10-14-35(28(2)24-32)29(3)48-43(58)44-50-45(53-59-44)46(4,5)6/h7-14,23-26,29,37H,15-22H2,1-6H3,(H,48,58)(H,47,51,52)(H,49,56,57)/t29-,37?/m1/s1. The number of nitrogens with one attached hydrogen (secondary N) is 3. The average Bonchev–Trinajstić information content (AvgIpc) is 3.90. The van der Waals surface area contributed by atoms with Gasteiger partial charge >= 0.3 is 11.8 Å². The molecule has 2 saturated heterocycles. The van der Waals surface area contributed by atoms with Crippen LogP contribution in [0.5, 0.6) is 0 Å². The van der Waals surface area contributed by atoms with Gasteiger partial charge in [0.1, 0.15) is 0 Å². The number of imide groups is 1. The highest BCUT2D eigenvalue weighted by atomic mass is 16.5. The van der Waals surface area contributed by atoms with Crippen LogP contribution in [0.15, 0.2) is 77.4 Å². The molecule has 304 valence electrons. The quantitative estimate of drug-likeness (QED) is 0.124. The van der Waals surface area contributed by atoms with Crippen molar-refractivity contribution in [2.75, 3.05) is 37.6 Å². The smallest absolute Gasteiger partial charge is 0.315 e. The van der Waals surface area contributed by atoms with E-state index in [1.54, 1.807) is 0 Å². The summed E-state index contributed by atoms with van der Waals surface area (Å²) in [7, 11) is 0. The van der Waals surface area contributed by atoms with Crippen LogP contribution in [0.4, 0.5) is 5.69 Å². The van der Waals surface area contributed by atoms with Gasteiger partial charge in [-0.2, -0.15) is 10.1 Å². The van der Waals surface area contributed by atoms with Crippen molar-refractivity contribution in [3.05, 3.63) is 112 Å². The van der Waals surface area contributed by atoms with Gasteiger partial charge in [-0.25, -0.2) is 4.98 Å². The van der Waals surface area contributed by atoms with E-state index in [4.69, 9.17) is 9.51 Å². The van der Waals surface area contributed by atoms with Crippen LogP contribution >= 0.6 is 0 Å². The largest absolute Gasteiger partial charge is 0.369 e. The minimum Gasteiger partial charge on any atom is -0.369 e. The summed E-state index contributed by atoms with van der Waals surface area (Å²) in [5, 5.41) is 18.1. The Balaban J connectivity index is 0.870. The van der Waals surface area contributed by atoms with Crippen molar-refractivity contribution >= 4 is 34.4 Å². The molecule has 3 N–H and O–H groups in total. The van der Waals surface area contributed by atoms with Gasteiger partial charge in [0, 0.05) is 73.0 Å². The maximum absolute atomic E-state index is 12.9. The Hall–Kier alpha value is -6.21. The summed E-state index contributed by atoms with van der Waals surface area (Å²) in [6, 6.07) is 23.1. The zero-order valence-corrected chi connectivity index (χ0v) is 34.6. The molecule has 2 atom stereocenters. The first-order chi connectivity index (χ1) is 28.3. The Morgan fingerprint density at radius 1 is 0.932 bits per heavy atom. The maximum Gasteiger partial charge on any atom is 0.315 e. The molecule has 13 heteroatoms. The molecule has 59 heavy (non-hydrogen) atoms. The van der Waals surface area contributed by atoms with Gasteiger partial charge in [0.2, 0.25) is 11.8 Å². The Labute approximate surface area is 344 Å². The van der Waals surface area contributed by atoms with Gasteiger partial charge in [0.25, 0.3) is 0 Å². The highest BCUT2D eigenvalue weighted by Crippen LogP contribution is 2.33. The summed E-state index contributed by atoms with van der Waals surface area (Å²) < 4.78 is 5.24. The lowest BCUT2D eigenvalue weighted by molar-refractivity contribution is -0.134. The number of carbonyl (C=O) groups is 3. The van der Waals surface area contributed by atoms with Gasteiger partial charge in [0.15, 0.2) is 11.5 Å². The van der Waals surface area contributed by atoms with Gasteiger partial charge in [-0.3, -0.25) is 29.7 Å². The van der Waals surface area contributed by atoms with Gasteiger partial charge in [-0.15, -0.1) is 0 Å². The van der Waals surface area contributed by atoms with E-state index in [0.29, 0.717) is 24.3 Å². The molecule has 3 aromatic carbocycles. The second-order valence-corrected chi connectivity index (χ2v) is 17.0. The number of H-pyrrole nitrogens is 1. The number of aryl methyl sites for hydroxylation is 2. The zero-order valence-electron chi connectivity index (χ0n) is 34.6. The molecule has 5 heterocycles. The number of nitrogens with zero attached hydrogens (tertiary/aromatic N) is 6. The lowest BCUT2D eigenvalue weighted by atomic mass is 9.87. The van der Waals surface area contributed by atoms with Crippen molar-refractivity contribution in [3.63, 3.8) is 0 Å². The minimum absolute atomic E-state index is 0.0477. The summed E-state index contributed by atoms with van der Waals surface area (Å²) in [5.74, 6) is -0.584. The van der Waals surface area contributed by atoms with Gasteiger partial charge in [-0.05, 0) is 91.3 Å². The average molecular weight is 794 g/mol. The molecule has 0 aliphatic carbocycles. The number of carbonyl (C=O) groups excluding carboxylic acids is 3. The van der Waals surface area contributed by atoms with Gasteiger partial charge in [0.05, 0.1) is 17.7 Å². The minimum atomic E-state index is -0.408. The molecule has 0 bridgehead atoms.